The van der Waals surface area contributed by atoms with E-state index in [1.165, 1.54) is 12.1 Å². The molecule has 0 aliphatic carbocycles. The van der Waals surface area contributed by atoms with Crippen LogP contribution in [-0.4, -0.2) is 26.6 Å². The number of anilines is 1. The summed E-state index contributed by atoms with van der Waals surface area (Å²) < 4.78 is 61.7. The van der Waals surface area contributed by atoms with Crippen molar-refractivity contribution in [3.05, 3.63) is 35.9 Å². The number of hydrogen-bond acceptors (Lipinski definition) is 4. The first-order valence-corrected chi connectivity index (χ1v) is 6.71. The Labute approximate surface area is 112 Å². The summed E-state index contributed by atoms with van der Waals surface area (Å²) in [7, 11) is -5.96. The predicted molar refractivity (Wildman–Crippen MR) is 64.3 cm³/mol. The van der Waals surface area contributed by atoms with E-state index < -0.39 is 21.7 Å². The van der Waals surface area contributed by atoms with Crippen molar-refractivity contribution in [2.24, 2.45) is 0 Å². The maximum absolute atomic E-state index is 12.2. The van der Waals surface area contributed by atoms with Crippen LogP contribution in [0.1, 0.15) is 5.56 Å². The summed E-state index contributed by atoms with van der Waals surface area (Å²) >= 11 is 0. The minimum Gasteiger partial charge on any atom is -0.321 e. The molecule has 0 aromatic heterocycles. The van der Waals surface area contributed by atoms with E-state index in [1.807, 2.05) is 0 Å². The monoisotopic (exact) mass is 307 g/mol. The molecule has 108 valence electrons. The van der Waals surface area contributed by atoms with Crippen molar-refractivity contribution in [1.82, 2.24) is 0 Å². The molecule has 1 aliphatic rings. The van der Waals surface area contributed by atoms with Crippen molar-refractivity contribution in [2.45, 2.75) is 5.51 Å². The topological polar surface area (TPSA) is 63.7 Å². The standard InChI is InChI=1S/C11H8F3NO4S/c12-11(13,14)20(17,18)19-10(16)15-7-3-5-8-4-1-2-6-9(8)15/h1-6H,7H2. The van der Waals surface area contributed by atoms with Crippen LogP contribution in [0.25, 0.3) is 6.08 Å². The Morgan fingerprint density at radius 3 is 2.55 bits per heavy atom. The zero-order valence-corrected chi connectivity index (χ0v) is 10.6. The van der Waals surface area contributed by atoms with Crippen molar-refractivity contribution in [2.75, 3.05) is 11.4 Å². The number of fused-ring (bicyclic) bond motifs is 1. The number of halogens is 3. The van der Waals surface area contributed by atoms with Crippen LogP contribution in [0.2, 0.25) is 0 Å². The quantitative estimate of drug-likeness (QED) is 0.591. The number of alkyl halides is 3. The zero-order chi connectivity index (χ0) is 15.0. The smallest absolute Gasteiger partial charge is 0.321 e. The first kappa shape index (κ1) is 14.4. The molecule has 0 saturated carbocycles. The highest BCUT2D eigenvalue weighted by Gasteiger charge is 2.50. The van der Waals surface area contributed by atoms with Gasteiger partial charge in [-0.2, -0.15) is 21.6 Å². The molecular weight excluding hydrogens is 299 g/mol. The summed E-state index contributed by atoms with van der Waals surface area (Å²) in [6.45, 7) is -0.0801. The third-order valence-corrected chi connectivity index (χ3v) is 3.43. The van der Waals surface area contributed by atoms with E-state index in [-0.39, 0.29) is 12.2 Å². The Hall–Kier alpha value is -2.03. The highest BCUT2D eigenvalue weighted by Crippen LogP contribution is 2.29. The van der Waals surface area contributed by atoms with Gasteiger partial charge in [0.2, 0.25) is 0 Å². The zero-order valence-electron chi connectivity index (χ0n) is 9.79. The summed E-state index contributed by atoms with van der Waals surface area (Å²) in [6, 6.07) is 6.34. The molecule has 9 heteroatoms. The van der Waals surface area contributed by atoms with Crippen molar-refractivity contribution >= 4 is 28.0 Å². The molecular formula is C11H8F3NO4S. The van der Waals surface area contributed by atoms with Gasteiger partial charge in [0, 0.05) is 6.54 Å². The summed E-state index contributed by atoms with van der Waals surface area (Å²) in [6.07, 6.45) is 1.57. The van der Waals surface area contributed by atoms with E-state index in [1.54, 1.807) is 24.3 Å². The van der Waals surface area contributed by atoms with Gasteiger partial charge in [-0.3, -0.25) is 4.90 Å². The first-order valence-electron chi connectivity index (χ1n) is 5.30. The normalized spacial score (nSPS) is 14.8. The van der Waals surface area contributed by atoms with Gasteiger partial charge in [0.15, 0.2) is 0 Å². The number of para-hydroxylation sites is 1. The van der Waals surface area contributed by atoms with Gasteiger partial charge in [-0.25, -0.2) is 4.79 Å². The van der Waals surface area contributed by atoms with Gasteiger partial charge >= 0.3 is 21.7 Å². The van der Waals surface area contributed by atoms with Gasteiger partial charge in [0.05, 0.1) is 5.69 Å². The van der Waals surface area contributed by atoms with E-state index in [9.17, 15) is 26.4 Å². The number of rotatable bonds is 1. The van der Waals surface area contributed by atoms with Gasteiger partial charge in [0.1, 0.15) is 0 Å². The van der Waals surface area contributed by atoms with E-state index in [0.717, 1.165) is 4.90 Å². The van der Waals surface area contributed by atoms with Crippen molar-refractivity contribution in [1.29, 1.82) is 0 Å². The van der Waals surface area contributed by atoms with Crippen LogP contribution in [0, 0.1) is 0 Å². The summed E-state index contributed by atoms with van der Waals surface area (Å²) in [5.41, 5.74) is -4.80. The molecule has 1 heterocycles. The minimum absolute atomic E-state index is 0.0801. The number of amides is 1. The maximum Gasteiger partial charge on any atom is 0.534 e. The Morgan fingerprint density at radius 2 is 1.90 bits per heavy atom. The summed E-state index contributed by atoms with van der Waals surface area (Å²) in [4.78, 5) is 12.4. The van der Waals surface area contributed by atoms with Crippen LogP contribution < -0.4 is 4.90 Å². The molecule has 0 N–H and O–H groups in total. The van der Waals surface area contributed by atoms with E-state index >= 15 is 0 Å². The molecule has 2 rings (SSSR count). The molecule has 0 bridgehead atoms. The second-order valence-electron chi connectivity index (χ2n) is 3.82. The van der Waals surface area contributed by atoms with E-state index in [0.29, 0.717) is 5.56 Å². The van der Waals surface area contributed by atoms with Crippen molar-refractivity contribution < 1.29 is 30.6 Å². The van der Waals surface area contributed by atoms with Crippen LogP contribution in [0.15, 0.2) is 30.3 Å². The summed E-state index contributed by atoms with van der Waals surface area (Å²) in [5.74, 6) is 0. The van der Waals surface area contributed by atoms with Gasteiger partial charge in [-0.05, 0) is 11.6 Å². The fourth-order valence-corrected chi connectivity index (χ4v) is 1.99. The summed E-state index contributed by atoms with van der Waals surface area (Å²) in [5, 5.41) is 0. The molecule has 1 amide bonds. The fraction of sp³-hybridized carbons (Fsp3) is 0.182. The lowest BCUT2D eigenvalue weighted by Crippen LogP contribution is -2.38. The second kappa shape index (κ2) is 4.82. The molecule has 0 radical (unpaired) electrons. The lowest BCUT2D eigenvalue weighted by molar-refractivity contribution is -0.0514. The highest BCUT2D eigenvalue weighted by molar-refractivity contribution is 7.88. The Morgan fingerprint density at radius 1 is 1.25 bits per heavy atom. The minimum atomic E-state index is -5.96. The average Bonchev–Trinajstić information content (AvgIpc) is 2.36. The van der Waals surface area contributed by atoms with Crippen LogP contribution >= 0.6 is 0 Å². The van der Waals surface area contributed by atoms with Crippen LogP contribution in [0.4, 0.5) is 23.7 Å². The number of benzene rings is 1. The number of carbonyl (C=O) groups is 1. The first-order chi connectivity index (χ1) is 9.22. The van der Waals surface area contributed by atoms with Crippen LogP contribution in [-0.2, 0) is 14.3 Å². The van der Waals surface area contributed by atoms with E-state index in [4.69, 9.17) is 0 Å². The van der Waals surface area contributed by atoms with E-state index in [2.05, 4.69) is 4.18 Å². The number of carbonyl (C=O) groups excluding carboxylic acids is 1. The molecule has 0 unspecified atom stereocenters. The van der Waals surface area contributed by atoms with Crippen molar-refractivity contribution in [3.63, 3.8) is 0 Å². The fourth-order valence-electron chi connectivity index (χ4n) is 1.62. The number of nitrogens with zero attached hydrogens (tertiary/aromatic N) is 1. The Balaban J connectivity index is 2.26. The van der Waals surface area contributed by atoms with Gasteiger partial charge in [-0.15, -0.1) is 0 Å². The lowest BCUT2D eigenvalue weighted by Gasteiger charge is -2.25. The second-order valence-corrected chi connectivity index (χ2v) is 5.36. The van der Waals surface area contributed by atoms with Crippen molar-refractivity contribution in [3.8, 4) is 0 Å². The SMILES string of the molecule is O=C(OS(=O)(=O)C(F)(F)F)N1CC=Cc2ccccc21. The third kappa shape index (κ3) is 2.62. The highest BCUT2D eigenvalue weighted by atomic mass is 32.2. The van der Waals surface area contributed by atoms with Gasteiger partial charge in [-0.1, -0.05) is 30.4 Å². The Bertz CT molecular complexity index is 666. The molecule has 1 aliphatic heterocycles. The molecule has 0 saturated heterocycles. The largest absolute Gasteiger partial charge is 0.534 e. The van der Waals surface area contributed by atoms with Gasteiger partial charge < -0.3 is 4.18 Å². The third-order valence-electron chi connectivity index (χ3n) is 2.50. The van der Waals surface area contributed by atoms with Crippen LogP contribution in [0.5, 0.6) is 0 Å². The van der Waals surface area contributed by atoms with Gasteiger partial charge in [0.25, 0.3) is 0 Å². The molecule has 0 fully saturated rings. The molecule has 5 nitrogen and oxygen atoms in total. The average molecular weight is 307 g/mol. The Kier molecular flexibility index (Phi) is 3.46. The maximum atomic E-state index is 12.2. The predicted octanol–water partition coefficient (Wildman–Crippen LogP) is 2.51. The molecule has 0 atom stereocenters. The molecule has 1 aromatic rings. The molecule has 1 aromatic carbocycles. The lowest BCUT2D eigenvalue weighted by atomic mass is 10.1. The molecule has 20 heavy (non-hydrogen) atoms. The number of hydrogen-bond donors (Lipinski definition) is 0. The van der Waals surface area contributed by atoms with Crippen LogP contribution in [0.3, 0.4) is 0 Å². The molecule has 0 spiro atoms.